The van der Waals surface area contributed by atoms with Crippen LogP contribution >= 0.6 is 11.6 Å². The second kappa shape index (κ2) is 9.95. The first-order chi connectivity index (χ1) is 15.9. The molecular formula is C25H25ClN2O4S. The molecule has 3 aromatic rings. The standard InChI is InChI=1S/C25H25ClN2O4S/c1-32-24-9-5-3-7-19(24)17-27-25(29)16-23-22-8-4-2-6-18(22)14-15-28(23)33(30,31)21-12-10-20(26)11-13-21/h2-13,23H,14-17H2,1H3,(H,27,29)/t23-/m1/s1. The number of sulfonamides is 1. The highest BCUT2D eigenvalue weighted by molar-refractivity contribution is 7.89. The van der Waals surface area contributed by atoms with Gasteiger partial charge in [-0.3, -0.25) is 4.79 Å². The number of nitrogens with zero attached hydrogens (tertiary/aromatic N) is 1. The van der Waals surface area contributed by atoms with E-state index in [-0.39, 0.29) is 17.2 Å². The number of ether oxygens (including phenoxy) is 1. The Morgan fingerprint density at radius 3 is 2.52 bits per heavy atom. The monoisotopic (exact) mass is 484 g/mol. The predicted octanol–water partition coefficient (Wildman–Crippen LogP) is 4.34. The molecule has 1 aliphatic heterocycles. The molecule has 3 aromatic carbocycles. The van der Waals surface area contributed by atoms with Crippen LogP contribution in [0.2, 0.25) is 5.02 Å². The van der Waals surface area contributed by atoms with Gasteiger partial charge in [-0.25, -0.2) is 8.42 Å². The molecule has 0 bridgehead atoms. The van der Waals surface area contributed by atoms with Crippen LogP contribution in [-0.4, -0.2) is 32.3 Å². The van der Waals surface area contributed by atoms with Crippen LogP contribution in [0.15, 0.2) is 77.7 Å². The summed E-state index contributed by atoms with van der Waals surface area (Å²) >= 11 is 5.95. The van der Waals surface area contributed by atoms with Crippen molar-refractivity contribution in [3.8, 4) is 5.75 Å². The van der Waals surface area contributed by atoms with E-state index in [2.05, 4.69) is 5.32 Å². The van der Waals surface area contributed by atoms with Gasteiger partial charge in [0.2, 0.25) is 15.9 Å². The highest BCUT2D eigenvalue weighted by Gasteiger charge is 2.37. The van der Waals surface area contributed by atoms with Crippen molar-refractivity contribution >= 4 is 27.5 Å². The minimum atomic E-state index is -3.82. The summed E-state index contributed by atoms with van der Waals surface area (Å²) in [5.74, 6) is 0.451. The zero-order valence-corrected chi connectivity index (χ0v) is 19.8. The van der Waals surface area contributed by atoms with Gasteiger partial charge < -0.3 is 10.1 Å². The van der Waals surface area contributed by atoms with Crippen molar-refractivity contribution in [1.82, 2.24) is 9.62 Å². The lowest BCUT2D eigenvalue weighted by Gasteiger charge is -2.36. The number of hydrogen-bond donors (Lipinski definition) is 1. The van der Waals surface area contributed by atoms with Gasteiger partial charge in [-0.1, -0.05) is 54.1 Å². The maximum absolute atomic E-state index is 13.5. The normalized spacial score (nSPS) is 16.1. The van der Waals surface area contributed by atoms with E-state index >= 15 is 0 Å². The number of halogens is 1. The van der Waals surface area contributed by atoms with Gasteiger partial charge in [0.1, 0.15) is 5.75 Å². The summed E-state index contributed by atoms with van der Waals surface area (Å²) in [6.45, 7) is 0.591. The Morgan fingerprint density at radius 2 is 1.76 bits per heavy atom. The molecule has 1 atom stereocenters. The maximum atomic E-state index is 13.5. The molecule has 0 spiro atoms. The van der Waals surface area contributed by atoms with Crippen molar-refractivity contribution in [3.05, 3.63) is 94.5 Å². The highest BCUT2D eigenvalue weighted by Crippen LogP contribution is 2.36. The summed E-state index contributed by atoms with van der Waals surface area (Å²) in [6, 6.07) is 20.6. The Balaban J connectivity index is 1.59. The zero-order valence-electron chi connectivity index (χ0n) is 18.2. The Morgan fingerprint density at radius 1 is 1.06 bits per heavy atom. The molecule has 0 saturated heterocycles. The summed E-state index contributed by atoms with van der Waals surface area (Å²) < 4.78 is 33.8. The zero-order chi connectivity index (χ0) is 23.4. The Labute approximate surface area is 199 Å². The van der Waals surface area contributed by atoms with Crippen molar-refractivity contribution in [2.24, 2.45) is 0 Å². The van der Waals surface area contributed by atoms with E-state index in [0.29, 0.717) is 30.3 Å². The molecule has 0 radical (unpaired) electrons. The fourth-order valence-electron chi connectivity index (χ4n) is 4.16. The molecule has 6 nitrogen and oxygen atoms in total. The number of para-hydroxylation sites is 1. The van der Waals surface area contributed by atoms with E-state index < -0.39 is 16.1 Å². The minimum Gasteiger partial charge on any atom is -0.496 e. The van der Waals surface area contributed by atoms with E-state index in [1.54, 1.807) is 19.2 Å². The molecule has 0 saturated carbocycles. The van der Waals surface area contributed by atoms with Gasteiger partial charge in [-0.05, 0) is 47.9 Å². The topological polar surface area (TPSA) is 75.7 Å². The molecule has 0 aliphatic carbocycles. The van der Waals surface area contributed by atoms with E-state index in [1.165, 1.54) is 16.4 Å². The van der Waals surface area contributed by atoms with Gasteiger partial charge in [0.15, 0.2) is 0 Å². The first-order valence-electron chi connectivity index (χ1n) is 10.6. The number of methoxy groups -OCH3 is 1. The van der Waals surface area contributed by atoms with Crippen LogP contribution in [0.1, 0.15) is 29.2 Å². The number of carbonyl (C=O) groups is 1. The van der Waals surface area contributed by atoms with Crippen LogP contribution in [0.4, 0.5) is 0 Å². The predicted molar refractivity (Wildman–Crippen MR) is 128 cm³/mol. The second-order valence-electron chi connectivity index (χ2n) is 7.83. The number of nitrogens with one attached hydrogen (secondary N) is 1. The number of rotatable bonds is 7. The van der Waals surface area contributed by atoms with Gasteiger partial charge in [0.25, 0.3) is 0 Å². The summed E-state index contributed by atoms with van der Waals surface area (Å²) in [5.41, 5.74) is 2.76. The lowest BCUT2D eigenvalue weighted by molar-refractivity contribution is -0.122. The molecule has 0 fully saturated rings. The average molecular weight is 485 g/mol. The maximum Gasteiger partial charge on any atom is 0.243 e. The van der Waals surface area contributed by atoms with E-state index in [4.69, 9.17) is 16.3 Å². The van der Waals surface area contributed by atoms with Crippen molar-refractivity contribution < 1.29 is 17.9 Å². The molecule has 1 aliphatic rings. The average Bonchev–Trinajstić information content (AvgIpc) is 2.83. The number of benzene rings is 3. The third kappa shape index (κ3) is 5.05. The third-order valence-corrected chi connectivity index (χ3v) is 8.01. The quantitative estimate of drug-likeness (QED) is 0.541. The van der Waals surface area contributed by atoms with E-state index in [1.807, 2.05) is 48.5 Å². The van der Waals surface area contributed by atoms with Gasteiger partial charge in [0, 0.05) is 30.1 Å². The molecule has 172 valence electrons. The largest absolute Gasteiger partial charge is 0.496 e. The van der Waals surface area contributed by atoms with Crippen molar-refractivity contribution in [3.63, 3.8) is 0 Å². The molecule has 8 heteroatoms. The van der Waals surface area contributed by atoms with E-state index in [0.717, 1.165) is 16.7 Å². The number of hydrogen-bond acceptors (Lipinski definition) is 4. The first-order valence-corrected chi connectivity index (χ1v) is 12.5. The van der Waals surface area contributed by atoms with Crippen LogP contribution in [-0.2, 0) is 27.8 Å². The lowest BCUT2D eigenvalue weighted by Crippen LogP contribution is -2.42. The SMILES string of the molecule is COc1ccccc1CNC(=O)C[C@@H]1c2ccccc2CCN1S(=O)(=O)c1ccc(Cl)cc1. The van der Waals surface area contributed by atoms with Gasteiger partial charge >= 0.3 is 0 Å². The Bertz CT molecular complexity index is 1250. The first kappa shape index (κ1) is 23.3. The van der Waals surface area contributed by atoms with Gasteiger partial charge in [0.05, 0.1) is 18.0 Å². The van der Waals surface area contributed by atoms with Crippen LogP contribution in [0.5, 0.6) is 5.75 Å². The highest BCUT2D eigenvalue weighted by atomic mass is 35.5. The molecule has 1 heterocycles. The molecule has 33 heavy (non-hydrogen) atoms. The number of carbonyl (C=O) groups excluding carboxylic acids is 1. The van der Waals surface area contributed by atoms with Gasteiger partial charge in [-0.15, -0.1) is 0 Å². The summed E-state index contributed by atoms with van der Waals surface area (Å²) in [5, 5.41) is 3.38. The fraction of sp³-hybridized carbons (Fsp3) is 0.240. The molecule has 0 unspecified atom stereocenters. The molecular weight excluding hydrogens is 460 g/mol. The molecule has 0 aromatic heterocycles. The Hall–Kier alpha value is -2.87. The fourth-order valence-corrected chi connectivity index (χ4v) is 5.89. The molecule has 1 N–H and O–H groups in total. The van der Waals surface area contributed by atoms with E-state index in [9.17, 15) is 13.2 Å². The number of amides is 1. The third-order valence-electron chi connectivity index (χ3n) is 5.83. The summed E-state index contributed by atoms with van der Waals surface area (Å²) in [4.78, 5) is 13.1. The number of fused-ring (bicyclic) bond motifs is 1. The molecule has 4 rings (SSSR count). The van der Waals surface area contributed by atoms with Crippen LogP contribution in [0.3, 0.4) is 0 Å². The smallest absolute Gasteiger partial charge is 0.243 e. The van der Waals surface area contributed by atoms with Crippen LogP contribution in [0.25, 0.3) is 0 Å². The van der Waals surface area contributed by atoms with Crippen molar-refractivity contribution in [1.29, 1.82) is 0 Å². The Kier molecular flexibility index (Phi) is 7.02. The summed E-state index contributed by atoms with van der Waals surface area (Å²) in [6.07, 6.45) is 0.599. The minimum absolute atomic E-state index is 0.0129. The summed E-state index contributed by atoms with van der Waals surface area (Å²) in [7, 11) is -2.24. The second-order valence-corrected chi connectivity index (χ2v) is 10.2. The molecule has 1 amide bonds. The van der Waals surface area contributed by atoms with Crippen LogP contribution < -0.4 is 10.1 Å². The van der Waals surface area contributed by atoms with Crippen molar-refractivity contribution in [2.75, 3.05) is 13.7 Å². The van der Waals surface area contributed by atoms with Gasteiger partial charge in [-0.2, -0.15) is 4.31 Å². The van der Waals surface area contributed by atoms with Crippen LogP contribution in [0, 0.1) is 0 Å². The van der Waals surface area contributed by atoms with Crippen molar-refractivity contribution in [2.45, 2.75) is 30.3 Å². The lowest BCUT2D eigenvalue weighted by atomic mass is 9.92.